The molecule has 0 radical (unpaired) electrons. The molecule has 0 amide bonds. The molecule has 3 aromatic rings. The predicted molar refractivity (Wildman–Crippen MR) is 91.7 cm³/mol. The molecule has 0 fully saturated rings. The van der Waals surface area contributed by atoms with Gasteiger partial charge in [-0.15, -0.1) is 0 Å². The van der Waals surface area contributed by atoms with Gasteiger partial charge in [-0.1, -0.05) is 13.8 Å². The monoisotopic (exact) mass is 312 g/mol. The fourth-order valence-corrected chi connectivity index (χ4v) is 2.63. The predicted octanol–water partition coefficient (Wildman–Crippen LogP) is 3.13. The molecule has 3 rings (SSSR count). The van der Waals surface area contributed by atoms with Crippen molar-refractivity contribution in [3.63, 3.8) is 0 Å². The summed E-state index contributed by atoms with van der Waals surface area (Å²) in [5.74, 6) is 0.978. The molecule has 0 saturated carbocycles. The van der Waals surface area contributed by atoms with E-state index in [1.807, 2.05) is 22.3 Å². The summed E-state index contributed by atoms with van der Waals surface area (Å²) in [7, 11) is 0. The highest BCUT2D eigenvalue weighted by Gasteiger charge is 2.11. The van der Waals surface area contributed by atoms with Gasteiger partial charge in [0.05, 0.1) is 11.9 Å². The molecule has 0 atom stereocenters. The summed E-state index contributed by atoms with van der Waals surface area (Å²) in [5.41, 5.74) is 5.33. The van der Waals surface area contributed by atoms with Crippen molar-refractivity contribution in [3.8, 4) is 0 Å². The largest absolute Gasteiger partial charge is 0.366 e. The topological polar surface area (TPSA) is 60.0 Å². The zero-order valence-electron chi connectivity index (χ0n) is 14.3. The molecule has 6 heteroatoms. The molecule has 0 aliphatic carbocycles. The summed E-state index contributed by atoms with van der Waals surface area (Å²) in [4.78, 5) is 4.70. The Bertz CT molecular complexity index is 814. The van der Waals surface area contributed by atoms with E-state index in [1.165, 1.54) is 5.56 Å². The van der Waals surface area contributed by atoms with E-state index in [-0.39, 0.29) is 0 Å². The fourth-order valence-electron chi connectivity index (χ4n) is 2.63. The number of fused-ring (bicyclic) bond motifs is 1. The van der Waals surface area contributed by atoms with Crippen LogP contribution in [0.3, 0.4) is 0 Å². The van der Waals surface area contributed by atoms with Crippen LogP contribution in [0.1, 0.15) is 42.8 Å². The molecule has 122 valence electrons. The van der Waals surface area contributed by atoms with Crippen LogP contribution in [0.2, 0.25) is 0 Å². The molecule has 0 bridgehead atoms. The molecule has 0 aliphatic heterocycles. The van der Waals surface area contributed by atoms with Crippen LogP contribution in [0.5, 0.6) is 0 Å². The van der Waals surface area contributed by atoms with Crippen LogP contribution in [0.4, 0.5) is 5.82 Å². The van der Waals surface area contributed by atoms with Gasteiger partial charge in [0.15, 0.2) is 5.65 Å². The maximum Gasteiger partial charge on any atom is 0.160 e. The number of nitrogens with zero attached hydrogens (tertiary/aromatic N) is 5. The molecule has 0 saturated heterocycles. The molecule has 0 spiro atoms. The second-order valence-electron chi connectivity index (χ2n) is 5.90. The average Bonchev–Trinajstić information content (AvgIpc) is 3.11. The zero-order valence-corrected chi connectivity index (χ0v) is 14.3. The van der Waals surface area contributed by atoms with Gasteiger partial charge in [-0.2, -0.15) is 14.7 Å². The van der Waals surface area contributed by atoms with Gasteiger partial charge in [-0.25, -0.2) is 4.98 Å². The van der Waals surface area contributed by atoms with Crippen LogP contribution in [0.15, 0.2) is 18.5 Å². The van der Waals surface area contributed by atoms with Crippen LogP contribution in [0, 0.1) is 13.8 Å². The molecular formula is C17H24N6. The van der Waals surface area contributed by atoms with Crippen LogP contribution >= 0.6 is 0 Å². The first-order valence-electron chi connectivity index (χ1n) is 8.23. The van der Waals surface area contributed by atoms with Crippen molar-refractivity contribution < 1.29 is 0 Å². The van der Waals surface area contributed by atoms with E-state index in [9.17, 15) is 0 Å². The molecule has 3 heterocycles. The van der Waals surface area contributed by atoms with Crippen molar-refractivity contribution in [3.05, 3.63) is 41.0 Å². The third-order valence-corrected chi connectivity index (χ3v) is 4.09. The van der Waals surface area contributed by atoms with Crippen molar-refractivity contribution in [2.75, 3.05) is 5.32 Å². The Morgan fingerprint density at radius 1 is 1.22 bits per heavy atom. The fraction of sp³-hybridized carbons (Fsp3) is 0.471. The minimum absolute atomic E-state index is 0.726. The van der Waals surface area contributed by atoms with Crippen molar-refractivity contribution in [2.45, 2.75) is 53.6 Å². The number of hydrogen-bond acceptors (Lipinski definition) is 4. The lowest BCUT2D eigenvalue weighted by Gasteiger charge is -2.09. The summed E-state index contributed by atoms with van der Waals surface area (Å²) in [6.07, 6.45) is 6.01. The number of aromatic nitrogens is 5. The Morgan fingerprint density at radius 3 is 2.78 bits per heavy atom. The van der Waals surface area contributed by atoms with Gasteiger partial charge in [-0.3, -0.25) is 4.68 Å². The van der Waals surface area contributed by atoms with E-state index < -0.39 is 0 Å². The quantitative estimate of drug-likeness (QED) is 0.759. The minimum atomic E-state index is 0.726. The van der Waals surface area contributed by atoms with E-state index >= 15 is 0 Å². The Balaban J connectivity index is 1.87. The highest BCUT2D eigenvalue weighted by atomic mass is 15.3. The van der Waals surface area contributed by atoms with Crippen LogP contribution < -0.4 is 5.32 Å². The lowest BCUT2D eigenvalue weighted by Crippen LogP contribution is -2.07. The Morgan fingerprint density at radius 2 is 2.04 bits per heavy atom. The molecule has 23 heavy (non-hydrogen) atoms. The molecule has 1 N–H and O–H groups in total. The van der Waals surface area contributed by atoms with Gasteiger partial charge < -0.3 is 5.32 Å². The lowest BCUT2D eigenvalue weighted by molar-refractivity contribution is 0.602. The number of rotatable bonds is 6. The lowest BCUT2D eigenvalue weighted by atomic mass is 10.2. The van der Waals surface area contributed by atoms with Crippen molar-refractivity contribution in [1.82, 2.24) is 24.4 Å². The van der Waals surface area contributed by atoms with Gasteiger partial charge in [0, 0.05) is 42.2 Å². The number of anilines is 1. The zero-order chi connectivity index (χ0) is 16.4. The Labute approximate surface area is 136 Å². The van der Waals surface area contributed by atoms with Crippen LogP contribution in [0.25, 0.3) is 5.65 Å². The normalized spacial score (nSPS) is 11.3. The third kappa shape index (κ3) is 3.06. The summed E-state index contributed by atoms with van der Waals surface area (Å²) < 4.78 is 3.89. The van der Waals surface area contributed by atoms with Gasteiger partial charge in [0.1, 0.15) is 5.82 Å². The molecular weight excluding hydrogens is 288 g/mol. The standard InChI is InChI=1S/C17H24N6/c1-5-7-22-11-14(10-19-22)9-18-16-8-15(6-2)20-17-12(3)13(4)21-23(16)17/h8,10-11,18H,5-7,9H2,1-4H3. The van der Waals surface area contributed by atoms with Crippen molar-refractivity contribution in [2.24, 2.45) is 0 Å². The van der Waals surface area contributed by atoms with E-state index in [1.54, 1.807) is 0 Å². The molecule has 0 unspecified atom stereocenters. The highest BCUT2D eigenvalue weighted by molar-refractivity contribution is 5.56. The van der Waals surface area contributed by atoms with Crippen LogP contribution in [-0.2, 0) is 19.5 Å². The summed E-state index contributed by atoms with van der Waals surface area (Å²) in [5, 5.41) is 12.5. The Hall–Kier alpha value is -2.37. The van der Waals surface area contributed by atoms with E-state index in [0.29, 0.717) is 0 Å². The smallest absolute Gasteiger partial charge is 0.160 e. The highest BCUT2D eigenvalue weighted by Crippen LogP contribution is 2.19. The van der Waals surface area contributed by atoms with Gasteiger partial charge >= 0.3 is 0 Å². The summed E-state index contributed by atoms with van der Waals surface area (Å²) in [6.45, 7) is 10.1. The van der Waals surface area contributed by atoms with Gasteiger partial charge in [-0.05, 0) is 26.7 Å². The number of hydrogen-bond donors (Lipinski definition) is 1. The first-order valence-corrected chi connectivity index (χ1v) is 8.23. The van der Waals surface area contributed by atoms with Gasteiger partial charge in [0.25, 0.3) is 0 Å². The van der Waals surface area contributed by atoms with Crippen LogP contribution in [-0.4, -0.2) is 24.4 Å². The second-order valence-corrected chi connectivity index (χ2v) is 5.90. The molecule has 3 aromatic heterocycles. The SMILES string of the molecule is CCCn1cc(CNc2cc(CC)nc3c(C)c(C)nn23)cn1. The average molecular weight is 312 g/mol. The first kappa shape index (κ1) is 15.5. The number of aryl methyl sites for hydroxylation is 4. The van der Waals surface area contributed by atoms with E-state index in [4.69, 9.17) is 4.98 Å². The molecule has 0 aromatic carbocycles. The maximum absolute atomic E-state index is 4.70. The molecule has 0 aliphatic rings. The van der Waals surface area contributed by atoms with Crippen molar-refractivity contribution >= 4 is 11.5 Å². The maximum atomic E-state index is 4.70. The summed E-state index contributed by atoms with van der Waals surface area (Å²) >= 11 is 0. The third-order valence-electron chi connectivity index (χ3n) is 4.09. The van der Waals surface area contributed by atoms with Gasteiger partial charge in [0.2, 0.25) is 0 Å². The first-order chi connectivity index (χ1) is 11.1. The minimum Gasteiger partial charge on any atom is -0.366 e. The Kier molecular flexibility index (Phi) is 4.32. The van der Waals surface area contributed by atoms with Crippen molar-refractivity contribution in [1.29, 1.82) is 0 Å². The second kappa shape index (κ2) is 6.40. The van der Waals surface area contributed by atoms with E-state index in [2.05, 4.69) is 48.5 Å². The van der Waals surface area contributed by atoms with E-state index in [0.717, 1.165) is 54.3 Å². The molecule has 6 nitrogen and oxygen atoms in total. The number of nitrogens with one attached hydrogen (secondary N) is 1. The summed E-state index contributed by atoms with van der Waals surface area (Å²) in [6, 6.07) is 2.08.